The summed E-state index contributed by atoms with van der Waals surface area (Å²) in [6.07, 6.45) is 1.65. The Morgan fingerprint density at radius 2 is 2.26 bits per heavy atom. The number of hydrogen-bond acceptors (Lipinski definition) is 4. The maximum Gasteiger partial charge on any atom is 0.407 e. The van der Waals surface area contributed by atoms with E-state index in [1.165, 1.54) is 0 Å². The molecule has 0 bridgehead atoms. The van der Waals surface area contributed by atoms with Crippen LogP contribution >= 0.6 is 11.6 Å². The second-order valence-electron chi connectivity index (χ2n) is 5.24. The summed E-state index contributed by atoms with van der Waals surface area (Å²) in [5.74, 6) is 0. The first-order valence-corrected chi connectivity index (χ1v) is 6.48. The third-order valence-corrected chi connectivity index (χ3v) is 2.65. The number of nitrogens with zero attached hydrogens (tertiary/aromatic N) is 1. The second kappa shape index (κ2) is 6.73. The minimum Gasteiger partial charge on any atom is -0.444 e. The highest BCUT2D eigenvalue weighted by atomic mass is 35.5. The second-order valence-corrected chi connectivity index (χ2v) is 5.59. The van der Waals surface area contributed by atoms with Crippen LogP contribution in [0.5, 0.6) is 0 Å². The number of rotatable bonds is 4. The Morgan fingerprint density at radius 1 is 1.58 bits per heavy atom. The van der Waals surface area contributed by atoms with Gasteiger partial charge in [-0.25, -0.2) is 9.78 Å². The van der Waals surface area contributed by atoms with Gasteiger partial charge in [0.2, 0.25) is 0 Å². The van der Waals surface area contributed by atoms with Crippen LogP contribution in [0.1, 0.15) is 26.3 Å². The molecule has 1 rings (SSSR count). The highest BCUT2D eigenvalue weighted by Crippen LogP contribution is 2.14. The number of halogens is 1. The Bertz CT molecular complexity index is 432. The summed E-state index contributed by atoms with van der Waals surface area (Å²) in [7, 11) is 0. The first-order valence-electron chi connectivity index (χ1n) is 6.11. The molecule has 0 saturated heterocycles. The Morgan fingerprint density at radius 3 is 2.79 bits per heavy atom. The van der Waals surface area contributed by atoms with E-state index in [9.17, 15) is 4.79 Å². The predicted octanol–water partition coefficient (Wildman–Crippen LogP) is 2.13. The maximum atomic E-state index is 11.7. The van der Waals surface area contributed by atoms with Crippen molar-refractivity contribution in [3.8, 4) is 0 Å². The molecule has 0 aliphatic rings. The number of nitrogens with two attached hydrogens (primary N) is 1. The minimum absolute atomic E-state index is 0.239. The predicted molar refractivity (Wildman–Crippen MR) is 75.2 cm³/mol. The average molecular weight is 286 g/mol. The average Bonchev–Trinajstić information content (AvgIpc) is 2.28. The lowest BCUT2D eigenvalue weighted by Crippen LogP contribution is -2.44. The van der Waals surface area contributed by atoms with Crippen LogP contribution in [0.25, 0.3) is 0 Å². The fourth-order valence-electron chi connectivity index (χ4n) is 1.50. The van der Waals surface area contributed by atoms with Crippen LogP contribution in [-0.4, -0.2) is 29.3 Å². The van der Waals surface area contributed by atoms with Crippen LogP contribution in [0.4, 0.5) is 4.79 Å². The van der Waals surface area contributed by atoms with Gasteiger partial charge in [0, 0.05) is 18.8 Å². The number of aromatic nitrogens is 1. The van der Waals surface area contributed by atoms with Crippen molar-refractivity contribution in [2.45, 2.75) is 38.8 Å². The van der Waals surface area contributed by atoms with Gasteiger partial charge in [0.25, 0.3) is 0 Å². The van der Waals surface area contributed by atoms with Gasteiger partial charge >= 0.3 is 6.09 Å². The van der Waals surface area contributed by atoms with Crippen molar-refractivity contribution in [2.75, 3.05) is 6.54 Å². The minimum atomic E-state index is -0.533. The van der Waals surface area contributed by atoms with E-state index in [2.05, 4.69) is 10.3 Å². The summed E-state index contributed by atoms with van der Waals surface area (Å²) < 4.78 is 5.18. The zero-order chi connectivity index (χ0) is 14.5. The Balaban J connectivity index is 2.60. The summed E-state index contributed by atoms with van der Waals surface area (Å²) in [4.78, 5) is 15.7. The van der Waals surface area contributed by atoms with E-state index >= 15 is 0 Å². The molecule has 1 amide bonds. The summed E-state index contributed by atoms with van der Waals surface area (Å²) in [5.41, 5.74) is 5.96. The first kappa shape index (κ1) is 15.7. The Labute approximate surface area is 118 Å². The van der Waals surface area contributed by atoms with Gasteiger partial charge in [-0.2, -0.15) is 0 Å². The highest BCUT2D eigenvalue weighted by Gasteiger charge is 2.19. The molecule has 0 aliphatic carbocycles. The van der Waals surface area contributed by atoms with Crippen molar-refractivity contribution in [3.63, 3.8) is 0 Å². The zero-order valence-electron chi connectivity index (χ0n) is 11.4. The molecule has 0 radical (unpaired) electrons. The Kier molecular flexibility index (Phi) is 5.57. The molecule has 1 aromatic rings. The Hall–Kier alpha value is -1.33. The van der Waals surface area contributed by atoms with E-state index in [0.717, 1.165) is 5.56 Å². The summed E-state index contributed by atoms with van der Waals surface area (Å²) in [6.45, 7) is 5.72. The topological polar surface area (TPSA) is 77.2 Å². The SMILES string of the molecule is CC(C)(C)OC(=O)NC(CN)Cc1cccnc1Cl. The molecule has 1 atom stereocenters. The molecule has 0 aromatic carbocycles. The fraction of sp³-hybridized carbons (Fsp3) is 0.538. The highest BCUT2D eigenvalue weighted by molar-refractivity contribution is 6.30. The van der Waals surface area contributed by atoms with Gasteiger partial charge in [0.15, 0.2) is 0 Å². The largest absolute Gasteiger partial charge is 0.444 e. The normalized spacial score (nSPS) is 12.9. The van der Waals surface area contributed by atoms with E-state index in [1.807, 2.05) is 26.8 Å². The molecular formula is C13H20ClN3O2. The number of ether oxygens (including phenoxy) is 1. The monoisotopic (exact) mass is 285 g/mol. The standard InChI is InChI=1S/C13H20ClN3O2/c1-13(2,3)19-12(18)17-10(8-15)7-9-5-4-6-16-11(9)14/h4-6,10H,7-8,15H2,1-3H3,(H,17,18). The van der Waals surface area contributed by atoms with Crippen molar-refractivity contribution < 1.29 is 9.53 Å². The molecule has 0 spiro atoms. The molecule has 6 heteroatoms. The van der Waals surface area contributed by atoms with Crippen molar-refractivity contribution in [2.24, 2.45) is 5.73 Å². The van der Waals surface area contributed by atoms with Gasteiger partial charge in [0.05, 0.1) is 0 Å². The lowest BCUT2D eigenvalue weighted by atomic mass is 10.1. The molecule has 19 heavy (non-hydrogen) atoms. The van der Waals surface area contributed by atoms with Gasteiger partial charge in [-0.3, -0.25) is 0 Å². The molecule has 0 fully saturated rings. The molecular weight excluding hydrogens is 266 g/mol. The van der Waals surface area contributed by atoms with Crippen molar-refractivity contribution in [1.82, 2.24) is 10.3 Å². The smallest absolute Gasteiger partial charge is 0.407 e. The molecule has 3 N–H and O–H groups in total. The first-order chi connectivity index (χ1) is 8.81. The fourth-order valence-corrected chi connectivity index (χ4v) is 1.70. The third-order valence-electron chi connectivity index (χ3n) is 2.31. The molecule has 5 nitrogen and oxygen atoms in total. The van der Waals surface area contributed by atoms with E-state index < -0.39 is 11.7 Å². The number of carbonyl (C=O) groups is 1. The molecule has 0 aliphatic heterocycles. The van der Waals surface area contributed by atoms with Gasteiger partial charge in [-0.1, -0.05) is 17.7 Å². The van der Waals surface area contributed by atoms with Gasteiger partial charge in [-0.15, -0.1) is 0 Å². The van der Waals surface area contributed by atoms with Crippen LogP contribution in [0.3, 0.4) is 0 Å². The van der Waals surface area contributed by atoms with Crippen molar-refractivity contribution in [1.29, 1.82) is 0 Å². The van der Waals surface area contributed by atoms with Gasteiger partial charge in [0.1, 0.15) is 10.8 Å². The number of carbonyl (C=O) groups excluding carboxylic acids is 1. The van der Waals surface area contributed by atoms with Crippen LogP contribution in [0.15, 0.2) is 18.3 Å². The summed E-state index contributed by atoms with van der Waals surface area (Å²) >= 11 is 5.97. The van der Waals surface area contributed by atoms with Crippen LogP contribution in [-0.2, 0) is 11.2 Å². The molecule has 0 saturated carbocycles. The lowest BCUT2D eigenvalue weighted by Gasteiger charge is -2.23. The molecule has 1 heterocycles. The van der Waals surface area contributed by atoms with E-state index in [4.69, 9.17) is 22.1 Å². The maximum absolute atomic E-state index is 11.7. The summed E-state index contributed by atoms with van der Waals surface area (Å²) in [6, 6.07) is 3.41. The molecule has 106 valence electrons. The zero-order valence-corrected chi connectivity index (χ0v) is 12.2. The number of amides is 1. The molecule has 1 unspecified atom stereocenters. The van der Waals surface area contributed by atoms with E-state index in [0.29, 0.717) is 18.1 Å². The quantitative estimate of drug-likeness (QED) is 0.831. The molecule has 1 aromatic heterocycles. The number of hydrogen-bond donors (Lipinski definition) is 2. The third kappa shape index (κ3) is 5.89. The van der Waals surface area contributed by atoms with Crippen molar-refractivity contribution in [3.05, 3.63) is 29.0 Å². The van der Waals surface area contributed by atoms with Gasteiger partial charge < -0.3 is 15.8 Å². The van der Waals surface area contributed by atoms with Gasteiger partial charge in [-0.05, 0) is 38.8 Å². The number of nitrogens with one attached hydrogen (secondary N) is 1. The van der Waals surface area contributed by atoms with Crippen LogP contribution < -0.4 is 11.1 Å². The van der Waals surface area contributed by atoms with E-state index in [1.54, 1.807) is 12.3 Å². The lowest BCUT2D eigenvalue weighted by molar-refractivity contribution is 0.0506. The summed E-state index contributed by atoms with van der Waals surface area (Å²) in [5, 5.41) is 3.15. The van der Waals surface area contributed by atoms with Crippen molar-refractivity contribution >= 4 is 17.7 Å². The number of pyridine rings is 1. The number of alkyl carbamates (subject to hydrolysis) is 1. The van der Waals surface area contributed by atoms with Crippen LogP contribution in [0, 0.1) is 0 Å². The van der Waals surface area contributed by atoms with Crippen LogP contribution in [0.2, 0.25) is 5.15 Å². The van der Waals surface area contributed by atoms with E-state index in [-0.39, 0.29) is 6.04 Å².